The van der Waals surface area contributed by atoms with Gasteiger partial charge in [0.25, 0.3) is 0 Å². The average molecular weight is 168 g/mol. The first-order valence-corrected chi connectivity index (χ1v) is 4.01. The zero-order chi connectivity index (χ0) is 8.97. The van der Waals surface area contributed by atoms with E-state index in [9.17, 15) is 4.79 Å². The molecule has 0 atom stereocenters. The molecule has 0 aliphatic carbocycles. The number of rotatable bonds is 1. The van der Waals surface area contributed by atoms with Gasteiger partial charge in [0, 0.05) is 10.8 Å². The monoisotopic (exact) mass is 168 g/mol. The summed E-state index contributed by atoms with van der Waals surface area (Å²) in [5, 5.41) is 3.10. The van der Waals surface area contributed by atoms with E-state index in [0.717, 1.165) is 25.9 Å². The van der Waals surface area contributed by atoms with Crippen molar-refractivity contribution in [3.63, 3.8) is 0 Å². The van der Waals surface area contributed by atoms with Gasteiger partial charge in [0.2, 0.25) is 5.91 Å². The second-order valence-electron chi connectivity index (χ2n) is 3.11. The van der Waals surface area contributed by atoms with Crippen LogP contribution in [0.5, 0.6) is 0 Å². The number of hydrogen-bond acceptors (Lipinski definition) is 2. The molecule has 1 saturated heterocycles. The van der Waals surface area contributed by atoms with Crippen LogP contribution in [0.4, 0.5) is 0 Å². The number of carbonyl (C=O) groups excluding carboxylic acids is 1. The lowest BCUT2D eigenvalue weighted by molar-refractivity contribution is -0.123. The lowest BCUT2D eigenvalue weighted by Gasteiger charge is -2.26. The Morgan fingerprint density at radius 1 is 1.58 bits per heavy atom. The summed E-state index contributed by atoms with van der Waals surface area (Å²) in [7, 11) is 2.02. The van der Waals surface area contributed by atoms with Crippen LogP contribution in [-0.2, 0) is 4.79 Å². The second-order valence-corrected chi connectivity index (χ2v) is 3.11. The van der Waals surface area contributed by atoms with Crippen LogP contribution in [0.1, 0.15) is 12.8 Å². The van der Waals surface area contributed by atoms with Crippen molar-refractivity contribution in [3.8, 4) is 0 Å². The molecule has 1 amide bonds. The van der Waals surface area contributed by atoms with E-state index in [1.807, 2.05) is 7.05 Å². The number of carbonyl (C=O) groups is 1. The second kappa shape index (κ2) is 4.09. The molecule has 5 nitrogen and oxygen atoms in total. The summed E-state index contributed by atoms with van der Waals surface area (Å²) < 4.78 is 0. The van der Waals surface area contributed by atoms with Crippen molar-refractivity contribution in [1.29, 1.82) is 0 Å². The van der Waals surface area contributed by atoms with Crippen molar-refractivity contribution in [3.05, 3.63) is 10.4 Å². The summed E-state index contributed by atoms with van der Waals surface area (Å²) in [6.45, 7) is 1.83. The van der Waals surface area contributed by atoms with Crippen LogP contribution in [-0.4, -0.2) is 30.9 Å². The molecule has 0 saturated carbocycles. The van der Waals surface area contributed by atoms with Gasteiger partial charge in [0.05, 0.1) is 0 Å². The van der Waals surface area contributed by atoms with Gasteiger partial charge in [0.1, 0.15) is 0 Å². The van der Waals surface area contributed by atoms with Crippen LogP contribution in [0.2, 0.25) is 0 Å². The van der Waals surface area contributed by atoms with E-state index in [0.29, 0.717) is 0 Å². The highest BCUT2D eigenvalue weighted by Gasteiger charge is 2.21. The standard InChI is InChI=1S/C7H12N4O/c1-11-4-2-6(3-5-11)7(12)9-10-8/h6H,2-5H2,1H3. The summed E-state index contributed by atoms with van der Waals surface area (Å²) in [6.07, 6.45) is 1.63. The largest absolute Gasteiger partial charge is 0.306 e. The molecule has 66 valence electrons. The fourth-order valence-electron chi connectivity index (χ4n) is 1.38. The number of likely N-dealkylation sites (tertiary alicyclic amines) is 1. The van der Waals surface area contributed by atoms with Crippen LogP contribution >= 0.6 is 0 Å². The van der Waals surface area contributed by atoms with Gasteiger partial charge >= 0.3 is 0 Å². The van der Waals surface area contributed by atoms with E-state index in [4.69, 9.17) is 5.53 Å². The maximum absolute atomic E-state index is 11.1. The molecule has 12 heavy (non-hydrogen) atoms. The first kappa shape index (κ1) is 9.03. The normalized spacial score (nSPS) is 20.1. The van der Waals surface area contributed by atoms with E-state index in [1.54, 1.807) is 0 Å². The van der Waals surface area contributed by atoms with E-state index in [1.165, 1.54) is 0 Å². The number of amides is 1. The summed E-state index contributed by atoms with van der Waals surface area (Å²) in [4.78, 5) is 15.7. The molecule has 0 aromatic heterocycles. The SMILES string of the molecule is CN1CCC(C(=O)N=[N+]=[N-])CC1. The average Bonchev–Trinajstić information content (AvgIpc) is 2.06. The van der Waals surface area contributed by atoms with Gasteiger partial charge in [0.15, 0.2) is 0 Å². The Morgan fingerprint density at radius 3 is 2.67 bits per heavy atom. The zero-order valence-electron chi connectivity index (χ0n) is 7.10. The van der Waals surface area contributed by atoms with Crippen molar-refractivity contribution >= 4 is 5.91 Å². The number of azide groups is 1. The van der Waals surface area contributed by atoms with E-state index in [2.05, 4.69) is 14.9 Å². The van der Waals surface area contributed by atoms with Crippen LogP contribution in [0.25, 0.3) is 10.4 Å². The van der Waals surface area contributed by atoms with Crippen molar-refractivity contribution in [2.75, 3.05) is 20.1 Å². The third kappa shape index (κ3) is 2.22. The van der Waals surface area contributed by atoms with Gasteiger partial charge in [-0.05, 0) is 43.6 Å². The van der Waals surface area contributed by atoms with Gasteiger partial charge < -0.3 is 4.90 Å². The lowest BCUT2D eigenvalue weighted by atomic mass is 9.97. The smallest absolute Gasteiger partial charge is 0.222 e. The molecular formula is C7H12N4O. The molecule has 5 heteroatoms. The van der Waals surface area contributed by atoms with Crippen molar-refractivity contribution < 1.29 is 4.79 Å². The Bertz CT molecular complexity index is 213. The summed E-state index contributed by atoms with van der Waals surface area (Å²) in [5.74, 6) is -0.345. The highest BCUT2D eigenvalue weighted by molar-refractivity contribution is 5.79. The molecule has 1 aliphatic rings. The van der Waals surface area contributed by atoms with Crippen LogP contribution in [0.15, 0.2) is 5.11 Å². The minimum Gasteiger partial charge on any atom is -0.306 e. The molecule has 0 aromatic carbocycles. The molecule has 0 aromatic rings. The number of hydrogen-bond donors (Lipinski definition) is 0. The molecule has 1 heterocycles. The highest BCUT2D eigenvalue weighted by Crippen LogP contribution is 2.17. The van der Waals surface area contributed by atoms with Crippen LogP contribution in [0.3, 0.4) is 0 Å². The van der Waals surface area contributed by atoms with Gasteiger partial charge in [-0.25, -0.2) is 0 Å². The van der Waals surface area contributed by atoms with Crippen LogP contribution in [0, 0.1) is 5.92 Å². The van der Waals surface area contributed by atoms with Gasteiger partial charge in [-0.1, -0.05) is 0 Å². The maximum Gasteiger partial charge on any atom is 0.222 e. The Hall–Kier alpha value is -1.06. The van der Waals surface area contributed by atoms with Gasteiger partial charge in [-0.2, -0.15) is 0 Å². The fourth-order valence-corrected chi connectivity index (χ4v) is 1.38. The molecule has 0 spiro atoms. The van der Waals surface area contributed by atoms with Crippen LogP contribution < -0.4 is 0 Å². The lowest BCUT2D eigenvalue weighted by Crippen LogP contribution is -2.32. The Balaban J connectivity index is 2.44. The summed E-state index contributed by atoms with van der Waals surface area (Å²) in [5.41, 5.74) is 8.05. The van der Waals surface area contributed by atoms with Crippen molar-refractivity contribution in [2.45, 2.75) is 12.8 Å². The Kier molecular flexibility index (Phi) is 3.08. The molecule has 1 aliphatic heterocycles. The molecule has 1 fully saturated rings. The van der Waals surface area contributed by atoms with E-state index in [-0.39, 0.29) is 11.8 Å². The summed E-state index contributed by atoms with van der Waals surface area (Å²) in [6, 6.07) is 0. The third-order valence-electron chi connectivity index (χ3n) is 2.21. The first-order valence-electron chi connectivity index (χ1n) is 4.01. The topological polar surface area (TPSA) is 69.1 Å². The molecule has 0 bridgehead atoms. The predicted octanol–water partition coefficient (Wildman–Crippen LogP) is 1.17. The minimum atomic E-state index is -0.300. The maximum atomic E-state index is 11.1. The third-order valence-corrected chi connectivity index (χ3v) is 2.21. The van der Waals surface area contributed by atoms with E-state index >= 15 is 0 Å². The predicted molar refractivity (Wildman–Crippen MR) is 44.4 cm³/mol. The van der Waals surface area contributed by atoms with Crippen molar-refractivity contribution in [2.24, 2.45) is 11.0 Å². The molecular weight excluding hydrogens is 156 g/mol. The highest BCUT2D eigenvalue weighted by atomic mass is 16.1. The molecule has 0 N–H and O–H groups in total. The zero-order valence-corrected chi connectivity index (χ0v) is 7.10. The van der Waals surface area contributed by atoms with Crippen molar-refractivity contribution in [1.82, 2.24) is 4.90 Å². The molecule has 0 radical (unpaired) electrons. The quantitative estimate of drug-likeness (QED) is 0.335. The molecule has 1 rings (SSSR count). The molecule has 0 unspecified atom stereocenters. The first-order chi connectivity index (χ1) is 5.74. The number of piperidine rings is 1. The van der Waals surface area contributed by atoms with E-state index < -0.39 is 0 Å². The number of nitrogens with zero attached hydrogens (tertiary/aromatic N) is 4. The Labute approximate surface area is 71.0 Å². The van der Waals surface area contributed by atoms with Gasteiger partial charge in [-0.3, -0.25) is 4.79 Å². The minimum absolute atomic E-state index is 0.0444. The van der Waals surface area contributed by atoms with Gasteiger partial charge in [-0.15, -0.1) is 0 Å². The summed E-state index contributed by atoms with van der Waals surface area (Å²) >= 11 is 0. The Morgan fingerprint density at radius 2 is 2.17 bits per heavy atom. The fraction of sp³-hybridized carbons (Fsp3) is 0.857.